The number of aromatic nitrogens is 4. The van der Waals surface area contributed by atoms with Crippen molar-refractivity contribution in [2.75, 3.05) is 5.43 Å². The molecule has 0 saturated heterocycles. The van der Waals surface area contributed by atoms with Gasteiger partial charge >= 0.3 is 0 Å². The van der Waals surface area contributed by atoms with E-state index in [2.05, 4.69) is 31.2 Å². The van der Waals surface area contributed by atoms with Crippen molar-refractivity contribution in [1.82, 2.24) is 20.6 Å². The monoisotopic (exact) mass is 258 g/mol. The second kappa shape index (κ2) is 5.32. The molecule has 2 N–H and O–H groups in total. The Balaban J connectivity index is 2.13. The molecule has 0 aliphatic heterocycles. The highest BCUT2D eigenvalue weighted by Crippen LogP contribution is 2.15. The van der Waals surface area contributed by atoms with Crippen LogP contribution >= 0.6 is 0 Å². The summed E-state index contributed by atoms with van der Waals surface area (Å²) < 4.78 is 0. The topological polar surface area (TPSA) is 146 Å². The Hall–Kier alpha value is -3.35. The molecule has 0 fully saturated rings. The Morgan fingerprint density at radius 2 is 2.21 bits per heavy atom. The lowest BCUT2D eigenvalue weighted by molar-refractivity contribution is -0.384. The lowest BCUT2D eigenvalue weighted by Gasteiger charge is -1.99. The van der Waals surface area contributed by atoms with Gasteiger partial charge in [-0.1, -0.05) is 0 Å². The van der Waals surface area contributed by atoms with E-state index in [1.165, 1.54) is 24.3 Å². The highest BCUT2D eigenvalue weighted by Gasteiger charge is 2.08. The first-order chi connectivity index (χ1) is 9.20. The molecule has 1 aromatic carbocycles. The number of rotatable bonds is 4. The third kappa shape index (κ3) is 2.86. The Morgan fingerprint density at radius 1 is 1.47 bits per heavy atom. The summed E-state index contributed by atoms with van der Waals surface area (Å²) in [6.07, 6.45) is 0. The number of aromatic amines is 1. The van der Waals surface area contributed by atoms with E-state index in [1.54, 1.807) is 6.07 Å². The van der Waals surface area contributed by atoms with Gasteiger partial charge < -0.3 is 0 Å². The van der Waals surface area contributed by atoms with Crippen molar-refractivity contribution in [3.63, 3.8) is 0 Å². The molecule has 0 atom stereocenters. The van der Waals surface area contributed by atoms with Crippen LogP contribution in [0.5, 0.6) is 0 Å². The first kappa shape index (κ1) is 12.1. The van der Waals surface area contributed by atoms with Crippen molar-refractivity contribution in [2.24, 2.45) is 5.10 Å². The zero-order chi connectivity index (χ0) is 13.7. The van der Waals surface area contributed by atoms with Crippen LogP contribution in [-0.2, 0) is 0 Å². The normalized spacial score (nSPS) is 10.8. The van der Waals surface area contributed by atoms with Gasteiger partial charge in [0.15, 0.2) is 0 Å². The smallest absolute Gasteiger partial charge is 0.269 e. The zero-order valence-electron chi connectivity index (χ0n) is 9.31. The fourth-order valence-electron chi connectivity index (χ4n) is 1.17. The lowest BCUT2D eigenvalue weighted by atomic mass is 10.3. The minimum Gasteiger partial charge on any atom is -0.277 e. The van der Waals surface area contributed by atoms with Crippen molar-refractivity contribution in [3.8, 4) is 6.07 Å². The maximum atomic E-state index is 10.5. The molecule has 0 spiro atoms. The number of tetrazole rings is 1. The average Bonchev–Trinajstić information content (AvgIpc) is 2.94. The van der Waals surface area contributed by atoms with E-state index in [4.69, 9.17) is 5.26 Å². The fourth-order valence-corrected chi connectivity index (χ4v) is 1.17. The number of nitro benzene ring substituents is 1. The van der Waals surface area contributed by atoms with Crippen LogP contribution in [-0.4, -0.2) is 31.3 Å². The van der Waals surface area contributed by atoms with Crippen molar-refractivity contribution >= 4 is 17.1 Å². The van der Waals surface area contributed by atoms with E-state index in [0.29, 0.717) is 5.69 Å². The van der Waals surface area contributed by atoms with E-state index in [9.17, 15) is 10.1 Å². The van der Waals surface area contributed by atoms with Crippen LogP contribution < -0.4 is 5.43 Å². The number of hydrazone groups is 1. The Morgan fingerprint density at radius 3 is 2.74 bits per heavy atom. The lowest BCUT2D eigenvalue weighted by Crippen LogP contribution is -2.04. The number of nitrogens with zero attached hydrogens (tertiary/aromatic N) is 6. The predicted octanol–water partition coefficient (Wildman–Crippen LogP) is 0.448. The van der Waals surface area contributed by atoms with E-state index in [0.717, 1.165) is 0 Å². The van der Waals surface area contributed by atoms with Gasteiger partial charge in [-0.05, 0) is 17.3 Å². The van der Waals surface area contributed by atoms with Gasteiger partial charge in [-0.25, -0.2) is 0 Å². The third-order valence-corrected chi connectivity index (χ3v) is 2.04. The Labute approximate surface area is 105 Å². The van der Waals surface area contributed by atoms with E-state index < -0.39 is 4.92 Å². The molecule has 0 bridgehead atoms. The van der Waals surface area contributed by atoms with E-state index >= 15 is 0 Å². The molecule has 10 nitrogen and oxygen atoms in total. The summed E-state index contributed by atoms with van der Waals surface area (Å²) in [7, 11) is 0. The molecule has 2 rings (SSSR count). The number of nitriles is 1. The minimum absolute atomic E-state index is 0.0341. The van der Waals surface area contributed by atoms with Crippen LogP contribution in [0.15, 0.2) is 29.4 Å². The molecule has 2 aromatic rings. The van der Waals surface area contributed by atoms with Crippen molar-refractivity contribution in [3.05, 3.63) is 40.2 Å². The van der Waals surface area contributed by atoms with Crippen LogP contribution in [0.1, 0.15) is 5.82 Å². The molecule has 0 aliphatic rings. The molecule has 19 heavy (non-hydrogen) atoms. The SMILES string of the molecule is N#C/C(=N\Nc1ccc([N+](=O)[O-])cc1)c1nn[nH]n1. The van der Waals surface area contributed by atoms with Gasteiger partial charge in [0, 0.05) is 12.1 Å². The largest absolute Gasteiger partial charge is 0.277 e. The maximum Gasteiger partial charge on any atom is 0.269 e. The molecule has 0 radical (unpaired) electrons. The van der Waals surface area contributed by atoms with Gasteiger partial charge in [-0.3, -0.25) is 15.5 Å². The number of benzene rings is 1. The van der Waals surface area contributed by atoms with Gasteiger partial charge in [-0.2, -0.15) is 15.6 Å². The predicted molar refractivity (Wildman–Crippen MR) is 63.0 cm³/mol. The summed E-state index contributed by atoms with van der Waals surface area (Å²) >= 11 is 0. The highest BCUT2D eigenvalue weighted by molar-refractivity contribution is 6.09. The molecular weight excluding hydrogens is 252 g/mol. The maximum absolute atomic E-state index is 10.5. The Bertz CT molecular complexity index is 640. The van der Waals surface area contributed by atoms with Gasteiger partial charge in [0.25, 0.3) is 5.69 Å². The first-order valence-corrected chi connectivity index (χ1v) is 4.93. The Kier molecular flexibility index (Phi) is 3.39. The number of nitrogens with one attached hydrogen (secondary N) is 2. The van der Waals surface area contributed by atoms with Gasteiger partial charge in [0.1, 0.15) is 6.07 Å². The summed E-state index contributed by atoms with van der Waals surface area (Å²) in [6, 6.07) is 7.36. The molecule has 1 heterocycles. The first-order valence-electron chi connectivity index (χ1n) is 4.93. The molecule has 0 saturated carbocycles. The van der Waals surface area contributed by atoms with Crippen molar-refractivity contribution in [1.29, 1.82) is 5.26 Å². The molecule has 0 unspecified atom stereocenters. The van der Waals surface area contributed by atoms with Crippen molar-refractivity contribution in [2.45, 2.75) is 0 Å². The minimum atomic E-state index is -0.507. The van der Waals surface area contributed by atoms with Crippen LogP contribution in [0.2, 0.25) is 0 Å². The van der Waals surface area contributed by atoms with Gasteiger partial charge in [-0.15, -0.1) is 10.2 Å². The fraction of sp³-hybridized carbons (Fsp3) is 0. The number of hydrogen-bond donors (Lipinski definition) is 2. The molecule has 10 heteroatoms. The number of hydrogen-bond acceptors (Lipinski definition) is 8. The van der Waals surface area contributed by atoms with Crippen molar-refractivity contribution < 1.29 is 4.92 Å². The summed E-state index contributed by atoms with van der Waals surface area (Å²) in [5.74, 6) is 0.0527. The molecule has 0 aliphatic carbocycles. The summed E-state index contributed by atoms with van der Waals surface area (Å²) in [4.78, 5) is 9.96. The third-order valence-electron chi connectivity index (χ3n) is 2.04. The van der Waals surface area contributed by atoms with Crippen LogP contribution in [0, 0.1) is 21.4 Å². The quantitative estimate of drug-likeness (QED) is 0.459. The van der Waals surface area contributed by atoms with E-state index in [1.807, 2.05) is 0 Å². The number of nitro groups is 1. The van der Waals surface area contributed by atoms with Gasteiger partial charge in [0.2, 0.25) is 11.5 Å². The number of anilines is 1. The highest BCUT2D eigenvalue weighted by atomic mass is 16.6. The number of H-pyrrole nitrogens is 1. The molecular formula is C9H6N8O2. The van der Waals surface area contributed by atoms with E-state index in [-0.39, 0.29) is 17.2 Å². The number of non-ortho nitro benzene ring substituents is 1. The molecule has 94 valence electrons. The van der Waals surface area contributed by atoms with Gasteiger partial charge in [0.05, 0.1) is 10.6 Å². The summed E-state index contributed by atoms with van der Waals surface area (Å²) in [5.41, 5.74) is 2.96. The molecule has 0 amide bonds. The standard InChI is InChI=1S/C9H6N8O2/c10-5-8(9-13-15-16-14-9)12-11-6-1-3-7(4-2-6)17(18)19/h1-4,11H,(H,13,14,15,16)/b12-8+. The summed E-state index contributed by atoms with van der Waals surface area (Å²) in [6.45, 7) is 0. The summed E-state index contributed by atoms with van der Waals surface area (Å²) in [5, 5.41) is 35.8. The van der Waals surface area contributed by atoms with Crippen LogP contribution in [0.25, 0.3) is 0 Å². The second-order valence-corrected chi connectivity index (χ2v) is 3.22. The molecule has 1 aromatic heterocycles. The van der Waals surface area contributed by atoms with Crippen LogP contribution in [0.3, 0.4) is 0 Å². The zero-order valence-corrected chi connectivity index (χ0v) is 9.31. The van der Waals surface area contributed by atoms with Crippen LogP contribution in [0.4, 0.5) is 11.4 Å². The second-order valence-electron chi connectivity index (χ2n) is 3.22. The average molecular weight is 258 g/mol.